The minimum Gasteiger partial charge on any atom is -0.541 e. The molecule has 2 aromatic heterocycles. The van der Waals surface area contributed by atoms with Crippen molar-refractivity contribution in [1.29, 1.82) is 0 Å². The van der Waals surface area contributed by atoms with Crippen LogP contribution in [-0.4, -0.2) is 31.0 Å². The molecule has 0 atom stereocenters. The van der Waals surface area contributed by atoms with E-state index >= 15 is 0 Å². The molecule has 2 heterocycles. The van der Waals surface area contributed by atoms with Crippen molar-refractivity contribution in [2.24, 2.45) is 7.05 Å². The van der Waals surface area contributed by atoms with Crippen molar-refractivity contribution in [1.82, 2.24) is 9.55 Å². The molecule has 0 aliphatic carbocycles. The average Bonchev–Trinajstić information content (AvgIpc) is 3.15. The van der Waals surface area contributed by atoms with Crippen LogP contribution < -0.4 is 4.43 Å². The lowest BCUT2D eigenvalue weighted by molar-refractivity contribution is 0.434. The molecule has 212 valence electrons. The Morgan fingerprint density at radius 2 is 1.55 bits per heavy atom. The van der Waals surface area contributed by atoms with Gasteiger partial charge in [-0.05, 0) is 52.4 Å². The van der Waals surface area contributed by atoms with Crippen molar-refractivity contribution < 1.29 is 13.9 Å². The fourth-order valence-electron chi connectivity index (χ4n) is 6.12. The van der Waals surface area contributed by atoms with E-state index in [1.54, 1.807) is 4.57 Å². The summed E-state index contributed by atoms with van der Waals surface area (Å²) in [6.07, 6.45) is 4.46. The molecule has 0 saturated heterocycles. The Kier molecular flexibility index (Phi) is 8.26. The van der Waals surface area contributed by atoms with Gasteiger partial charge in [-0.25, -0.2) is 4.39 Å². The molecule has 0 aliphatic heterocycles. The molecule has 0 saturated carbocycles. The predicted molar refractivity (Wildman–Crippen MR) is 171 cm³/mol. The molecular weight excluding hydrogens is 532 g/mol. The van der Waals surface area contributed by atoms with Crippen LogP contribution in [0.2, 0.25) is 36.3 Å². The van der Waals surface area contributed by atoms with Crippen LogP contribution >= 0.6 is 0 Å². The Morgan fingerprint density at radius 1 is 0.950 bits per heavy atom. The Morgan fingerprint density at radius 3 is 2.10 bits per heavy atom. The number of pyridine rings is 1. The second-order valence-corrected chi connectivity index (χ2v) is 23.1. The van der Waals surface area contributed by atoms with E-state index in [1.165, 1.54) is 12.1 Å². The zero-order valence-electron chi connectivity index (χ0n) is 25.6. The summed E-state index contributed by atoms with van der Waals surface area (Å²) in [5, 5.41) is 13.9. The number of nitrogens with zero attached hydrogens (tertiary/aromatic N) is 2. The van der Waals surface area contributed by atoms with Crippen LogP contribution in [0.3, 0.4) is 0 Å². The quantitative estimate of drug-likeness (QED) is 0.177. The first-order valence-electron chi connectivity index (χ1n) is 14.2. The summed E-state index contributed by atoms with van der Waals surface area (Å²) in [5.74, 6) is 4.11. The van der Waals surface area contributed by atoms with Gasteiger partial charge in [0.05, 0.1) is 5.39 Å². The van der Waals surface area contributed by atoms with Crippen molar-refractivity contribution in [3.8, 4) is 23.1 Å². The summed E-state index contributed by atoms with van der Waals surface area (Å²) >= 11 is 0. The van der Waals surface area contributed by atoms with Gasteiger partial charge in [0.1, 0.15) is 25.2 Å². The highest BCUT2D eigenvalue weighted by atomic mass is 28.4. The lowest BCUT2D eigenvalue weighted by Crippen LogP contribution is -2.50. The summed E-state index contributed by atoms with van der Waals surface area (Å²) in [4.78, 5) is 5.01. The number of rotatable bonds is 7. The minimum atomic E-state index is -2.39. The second kappa shape index (κ2) is 11.1. The second-order valence-electron chi connectivity index (χ2n) is 13.0. The maximum Gasteiger partial charge on any atom is 0.258 e. The van der Waals surface area contributed by atoms with Crippen LogP contribution in [0.25, 0.3) is 21.7 Å². The molecular formula is C33H43FN2O2Si2. The molecule has 0 aliphatic rings. The fourth-order valence-corrected chi connectivity index (χ4v) is 11.9. The zero-order valence-corrected chi connectivity index (χ0v) is 27.6. The van der Waals surface area contributed by atoms with E-state index in [0.29, 0.717) is 34.2 Å². The van der Waals surface area contributed by atoms with Crippen LogP contribution in [0.15, 0.2) is 42.7 Å². The van der Waals surface area contributed by atoms with E-state index in [9.17, 15) is 9.50 Å². The summed E-state index contributed by atoms with van der Waals surface area (Å²) in [6.45, 7) is 20.3. The summed E-state index contributed by atoms with van der Waals surface area (Å²) in [7, 11) is -2.24. The first-order chi connectivity index (χ1) is 18.7. The number of fused-ring (bicyclic) bond motifs is 2. The van der Waals surface area contributed by atoms with E-state index in [1.807, 2.05) is 31.6 Å². The Labute approximate surface area is 240 Å². The number of benzene rings is 2. The third kappa shape index (κ3) is 5.57. The highest BCUT2D eigenvalue weighted by molar-refractivity contribution is 6.84. The zero-order chi connectivity index (χ0) is 29.6. The molecule has 0 amide bonds. The van der Waals surface area contributed by atoms with Gasteiger partial charge < -0.3 is 14.1 Å². The van der Waals surface area contributed by atoms with Crippen LogP contribution in [0.5, 0.6) is 11.6 Å². The fraction of sp³-hybridized carbons (Fsp3) is 0.424. The van der Waals surface area contributed by atoms with E-state index < -0.39 is 16.4 Å². The third-order valence-electron chi connectivity index (χ3n) is 7.94. The average molecular weight is 575 g/mol. The van der Waals surface area contributed by atoms with Crippen molar-refractivity contribution in [2.75, 3.05) is 0 Å². The van der Waals surface area contributed by atoms with Crippen molar-refractivity contribution >= 4 is 38.1 Å². The predicted octanol–water partition coefficient (Wildman–Crippen LogP) is 8.95. The van der Waals surface area contributed by atoms with Gasteiger partial charge >= 0.3 is 0 Å². The van der Waals surface area contributed by atoms with E-state index in [2.05, 4.69) is 78.7 Å². The van der Waals surface area contributed by atoms with Gasteiger partial charge in [-0.2, -0.15) is 0 Å². The molecule has 0 fully saturated rings. The SMILES string of the molecule is CC(C)[Si](Oc1c2ncc(Cc3ccc(F)cc3)cc2c(C#C[Si](C)(C)C)c2cn(C)c(O)c12)(C(C)C)C(C)C. The van der Waals surface area contributed by atoms with Crippen LogP contribution in [-0.2, 0) is 13.5 Å². The third-order valence-corrected chi connectivity index (χ3v) is 14.8. The Balaban J connectivity index is 2.09. The molecule has 4 aromatic rings. The number of hydrogen-bond acceptors (Lipinski definition) is 3. The summed E-state index contributed by atoms with van der Waals surface area (Å²) in [6, 6.07) is 8.76. The first kappa shape index (κ1) is 29.9. The number of aryl methyl sites for hydroxylation is 1. The van der Waals surface area contributed by atoms with Crippen LogP contribution in [0, 0.1) is 17.3 Å². The van der Waals surface area contributed by atoms with Gasteiger partial charge in [0.2, 0.25) is 5.88 Å². The normalized spacial score (nSPS) is 12.6. The van der Waals surface area contributed by atoms with Crippen molar-refractivity contribution in [3.05, 3.63) is 65.2 Å². The molecule has 4 nitrogen and oxygen atoms in total. The Bertz CT molecular complexity index is 1580. The van der Waals surface area contributed by atoms with Crippen molar-refractivity contribution in [2.45, 2.75) is 84.2 Å². The van der Waals surface area contributed by atoms with Gasteiger partial charge in [0, 0.05) is 35.8 Å². The maximum atomic E-state index is 13.5. The Hall–Kier alpha value is -3.09. The molecule has 0 spiro atoms. The molecule has 7 heteroatoms. The van der Waals surface area contributed by atoms with E-state index in [0.717, 1.165) is 33.0 Å². The molecule has 1 N–H and O–H groups in total. The standard InChI is InChI=1S/C33H43FN2O2Si2/c1-21(2)40(22(3)4,23(5)6)38-32-30-29(20-36(7)33(30)37)27(15-16-39(8,9)10)28-18-25(19-35-31(28)32)17-24-11-13-26(34)14-12-24/h11-14,18-23,37H,17H2,1-10H3. The highest BCUT2D eigenvalue weighted by Gasteiger charge is 2.48. The smallest absolute Gasteiger partial charge is 0.258 e. The van der Waals surface area contributed by atoms with Crippen LogP contribution in [0.1, 0.15) is 58.2 Å². The minimum absolute atomic E-state index is 0.166. The molecule has 2 aromatic carbocycles. The van der Waals surface area contributed by atoms with Gasteiger partial charge in [-0.15, -0.1) is 5.54 Å². The lowest BCUT2D eigenvalue weighted by Gasteiger charge is -2.42. The monoisotopic (exact) mass is 574 g/mol. The number of hydrogen-bond donors (Lipinski definition) is 1. The van der Waals surface area contributed by atoms with E-state index in [-0.39, 0.29) is 11.7 Å². The molecule has 0 bridgehead atoms. The molecule has 0 unspecified atom stereocenters. The molecule has 40 heavy (non-hydrogen) atoms. The lowest BCUT2D eigenvalue weighted by atomic mass is 9.98. The first-order valence-corrected chi connectivity index (χ1v) is 19.9. The van der Waals surface area contributed by atoms with Gasteiger partial charge in [-0.3, -0.25) is 4.98 Å². The number of halogens is 1. The topological polar surface area (TPSA) is 47.3 Å². The molecule has 4 rings (SSSR count). The highest BCUT2D eigenvalue weighted by Crippen LogP contribution is 2.49. The largest absolute Gasteiger partial charge is 0.541 e. The molecule has 0 radical (unpaired) electrons. The van der Waals surface area contributed by atoms with E-state index in [4.69, 9.17) is 9.41 Å². The van der Waals surface area contributed by atoms with Gasteiger partial charge in [0.15, 0.2) is 0 Å². The maximum absolute atomic E-state index is 13.5. The van der Waals surface area contributed by atoms with Gasteiger partial charge in [-0.1, -0.05) is 79.2 Å². The number of aromatic hydroxyl groups is 1. The summed E-state index contributed by atoms with van der Waals surface area (Å²) < 4.78 is 22.6. The summed E-state index contributed by atoms with van der Waals surface area (Å²) in [5.41, 5.74) is 8.24. The number of aromatic nitrogens is 2. The van der Waals surface area contributed by atoms with Crippen molar-refractivity contribution in [3.63, 3.8) is 0 Å². The van der Waals surface area contributed by atoms with Crippen LogP contribution in [0.4, 0.5) is 4.39 Å². The van der Waals surface area contributed by atoms with Gasteiger partial charge in [0.25, 0.3) is 8.32 Å².